The van der Waals surface area contributed by atoms with Crippen molar-refractivity contribution in [2.24, 2.45) is 0 Å². The van der Waals surface area contributed by atoms with Crippen LogP contribution in [-0.2, 0) is 6.54 Å². The van der Waals surface area contributed by atoms with Gasteiger partial charge in [-0.25, -0.2) is 0 Å². The first-order valence-corrected chi connectivity index (χ1v) is 9.32. The molecule has 0 fully saturated rings. The number of rotatable bonds is 5. The molecule has 0 unspecified atom stereocenters. The Hall–Kier alpha value is -2.88. The first-order chi connectivity index (χ1) is 13.2. The lowest BCUT2D eigenvalue weighted by Gasteiger charge is -2.14. The summed E-state index contributed by atoms with van der Waals surface area (Å²) in [4.78, 5) is 14.0. The lowest BCUT2D eigenvalue weighted by atomic mass is 10.1. The Morgan fingerprint density at radius 2 is 2.11 bits per heavy atom. The number of nitrogens with one attached hydrogen (secondary N) is 2. The molecule has 2 N–H and O–H groups in total. The molecule has 0 atom stereocenters. The fourth-order valence-corrected chi connectivity index (χ4v) is 3.60. The van der Waals surface area contributed by atoms with E-state index < -0.39 is 0 Å². The normalized spacial score (nSPS) is 10.9. The number of fused-ring (bicyclic) bond motifs is 1. The van der Waals surface area contributed by atoms with Crippen LogP contribution in [0.2, 0.25) is 0 Å². The molecule has 0 aliphatic carbocycles. The maximum Gasteiger partial charge on any atom is 0.247 e. The molecule has 0 saturated carbocycles. The van der Waals surface area contributed by atoms with E-state index in [1.165, 1.54) is 6.07 Å². The van der Waals surface area contributed by atoms with E-state index in [0.29, 0.717) is 12.2 Å². The Morgan fingerprint density at radius 3 is 2.89 bits per heavy atom. The van der Waals surface area contributed by atoms with Gasteiger partial charge in [0.15, 0.2) is 5.65 Å². The molecule has 27 heavy (non-hydrogen) atoms. The Morgan fingerprint density at radius 1 is 1.22 bits per heavy atom. The van der Waals surface area contributed by atoms with Crippen molar-refractivity contribution in [3.8, 4) is 16.9 Å². The van der Waals surface area contributed by atoms with Crippen molar-refractivity contribution in [2.45, 2.75) is 6.54 Å². The zero-order valence-electron chi connectivity index (χ0n) is 14.4. The molecule has 7 nitrogen and oxygen atoms in total. The number of anilines is 1. The van der Waals surface area contributed by atoms with Crippen molar-refractivity contribution in [3.63, 3.8) is 0 Å². The summed E-state index contributed by atoms with van der Waals surface area (Å²) < 4.78 is 8.49. The zero-order chi connectivity index (χ0) is 18.8. The summed E-state index contributed by atoms with van der Waals surface area (Å²) in [6, 6.07) is 13.2. The van der Waals surface area contributed by atoms with E-state index in [1.807, 2.05) is 34.7 Å². The Balaban J connectivity index is 1.69. The van der Waals surface area contributed by atoms with Gasteiger partial charge in [0.25, 0.3) is 0 Å². The molecule has 0 aliphatic heterocycles. The summed E-state index contributed by atoms with van der Waals surface area (Å²) in [6.45, 7) is 0.605. The average Bonchev–Trinajstić information content (AvgIpc) is 3.17. The summed E-state index contributed by atoms with van der Waals surface area (Å²) >= 11 is 2.30. The number of ether oxygens (including phenoxy) is 1. The highest BCUT2D eigenvalue weighted by Crippen LogP contribution is 2.27. The van der Waals surface area contributed by atoms with Crippen molar-refractivity contribution >= 4 is 34.1 Å². The number of aromatic nitrogens is 4. The predicted molar refractivity (Wildman–Crippen MR) is 112 cm³/mol. The van der Waals surface area contributed by atoms with E-state index >= 15 is 0 Å². The summed E-state index contributed by atoms with van der Waals surface area (Å²) in [5.74, 6) is 1.71. The van der Waals surface area contributed by atoms with Crippen LogP contribution >= 0.6 is 22.6 Å². The minimum absolute atomic E-state index is 0.138. The molecule has 136 valence electrons. The second-order valence-corrected chi connectivity index (χ2v) is 7.03. The second kappa shape index (κ2) is 7.39. The summed E-state index contributed by atoms with van der Waals surface area (Å²) in [5.41, 5.74) is 3.42. The third kappa shape index (κ3) is 3.39. The fraction of sp³-hybridized carbons (Fsp3) is 0.105. The quantitative estimate of drug-likeness (QED) is 0.435. The zero-order valence-corrected chi connectivity index (χ0v) is 16.6. The van der Waals surface area contributed by atoms with Crippen LogP contribution in [0, 0.1) is 3.57 Å². The van der Waals surface area contributed by atoms with Gasteiger partial charge in [0.05, 0.1) is 7.11 Å². The van der Waals surface area contributed by atoms with Gasteiger partial charge < -0.3 is 15.0 Å². The van der Waals surface area contributed by atoms with E-state index in [4.69, 9.17) is 4.74 Å². The monoisotopic (exact) mass is 473 g/mol. The minimum atomic E-state index is -0.138. The van der Waals surface area contributed by atoms with Gasteiger partial charge in [0, 0.05) is 39.1 Å². The van der Waals surface area contributed by atoms with Crippen LogP contribution < -0.4 is 15.6 Å². The first-order valence-electron chi connectivity index (χ1n) is 8.24. The maximum absolute atomic E-state index is 11.3. The molecule has 0 bridgehead atoms. The van der Waals surface area contributed by atoms with Crippen molar-refractivity contribution in [1.29, 1.82) is 0 Å². The van der Waals surface area contributed by atoms with Crippen LogP contribution in [0.1, 0.15) is 5.56 Å². The number of hydrogen-bond acceptors (Lipinski definition) is 5. The van der Waals surface area contributed by atoms with Crippen LogP contribution in [0.4, 0.5) is 5.82 Å². The Kier molecular flexibility index (Phi) is 4.80. The number of benzene rings is 1. The summed E-state index contributed by atoms with van der Waals surface area (Å²) in [7, 11) is 1.67. The Bertz CT molecular complexity index is 1150. The lowest BCUT2D eigenvalue weighted by molar-refractivity contribution is 0.410. The van der Waals surface area contributed by atoms with Crippen LogP contribution in [0.25, 0.3) is 16.8 Å². The number of methoxy groups -OCH3 is 1. The smallest absolute Gasteiger partial charge is 0.247 e. The van der Waals surface area contributed by atoms with Gasteiger partial charge in [-0.05, 0) is 52.9 Å². The van der Waals surface area contributed by atoms with Gasteiger partial charge in [0.2, 0.25) is 5.56 Å². The van der Waals surface area contributed by atoms with Gasteiger partial charge >= 0.3 is 0 Å². The highest BCUT2D eigenvalue weighted by Gasteiger charge is 2.12. The number of aromatic amines is 1. The highest BCUT2D eigenvalue weighted by atomic mass is 127. The summed E-state index contributed by atoms with van der Waals surface area (Å²) in [6.07, 6.45) is 3.34. The van der Waals surface area contributed by atoms with E-state index in [-0.39, 0.29) is 5.56 Å². The molecule has 4 rings (SSSR count). The maximum atomic E-state index is 11.3. The molecular weight excluding hydrogens is 457 g/mol. The van der Waals surface area contributed by atoms with Gasteiger partial charge in [-0.3, -0.25) is 9.20 Å². The number of hydrogen-bond donors (Lipinski definition) is 2. The van der Waals surface area contributed by atoms with Gasteiger partial charge in [0.1, 0.15) is 17.9 Å². The molecule has 0 amide bonds. The SMILES string of the molecule is COc1cccc(I)c1CNc1ccc(-c2ccc(=O)[nH]c2)c2nncn12. The van der Waals surface area contributed by atoms with E-state index in [1.54, 1.807) is 25.7 Å². The number of pyridine rings is 2. The third-order valence-electron chi connectivity index (χ3n) is 4.29. The second-order valence-electron chi connectivity index (χ2n) is 5.87. The fourth-order valence-electron chi connectivity index (χ4n) is 2.94. The molecule has 3 aromatic heterocycles. The highest BCUT2D eigenvalue weighted by molar-refractivity contribution is 14.1. The standard InChI is InChI=1S/C19H16IN5O2/c1-27-16-4-2-3-15(20)14(16)10-21-17-7-6-13(19-24-23-11-25(17)19)12-5-8-18(26)22-9-12/h2-9,11,21H,10H2,1H3,(H,22,26). The largest absolute Gasteiger partial charge is 0.496 e. The van der Waals surface area contributed by atoms with Crippen molar-refractivity contribution in [3.05, 3.63) is 74.5 Å². The predicted octanol–water partition coefficient (Wildman–Crippen LogP) is 3.31. The number of halogens is 1. The van der Waals surface area contributed by atoms with Gasteiger partial charge in [-0.1, -0.05) is 6.07 Å². The Labute approximate surface area is 168 Å². The lowest BCUT2D eigenvalue weighted by Crippen LogP contribution is -2.07. The minimum Gasteiger partial charge on any atom is -0.496 e. The van der Waals surface area contributed by atoms with Crippen molar-refractivity contribution in [2.75, 3.05) is 12.4 Å². The van der Waals surface area contributed by atoms with E-state index in [2.05, 4.69) is 43.1 Å². The van der Waals surface area contributed by atoms with Gasteiger partial charge in [-0.15, -0.1) is 10.2 Å². The number of H-pyrrole nitrogens is 1. The molecule has 8 heteroatoms. The first kappa shape index (κ1) is 17.5. The van der Waals surface area contributed by atoms with Crippen molar-refractivity contribution < 1.29 is 4.74 Å². The number of nitrogens with zero attached hydrogens (tertiary/aromatic N) is 3. The van der Waals surface area contributed by atoms with Crippen LogP contribution in [-0.4, -0.2) is 26.7 Å². The van der Waals surface area contributed by atoms with Crippen LogP contribution in [0.5, 0.6) is 5.75 Å². The molecule has 4 aromatic rings. The van der Waals surface area contributed by atoms with E-state index in [0.717, 1.165) is 31.8 Å². The summed E-state index contributed by atoms with van der Waals surface area (Å²) in [5, 5.41) is 11.7. The van der Waals surface area contributed by atoms with Crippen LogP contribution in [0.3, 0.4) is 0 Å². The van der Waals surface area contributed by atoms with Crippen molar-refractivity contribution in [1.82, 2.24) is 19.6 Å². The molecule has 0 saturated heterocycles. The molecule has 0 spiro atoms. The molecule has 3 heterocycles. The molecular formula is C19H16IN5O2. The van der Waals surface area contributed by atoms with E-state index in [9.17, 15) is 4.79 Å². The topological polar surface area (TPSA) is 84.3 Å². The van der Waals surface area contributed by atoms with Crippen LogP contribution in [0.15, 0.2) is 59.8 Å². The molecule has 0 radical (unpaired) electrons. The molecule has 1 aromatic carbocycles. The third-order valence-corrected chi connectivity index (χ3v) is 5.30. The van der Waals surface area contributed by atoms with Gasteiger partial charge in [-0.2, -0.15) is 0 Å². The molecule has 0 aliphatic rings. The average molecular weight is 473 g/mol.